The van der Waals surface area contributed by atoms with Gasteiger partial charge in [-0.15, -0.1) is 0 Å². The van der Waals surface area contributed by atoms with Crippen LogP contribution >= 0.6 is 11.6 Å². The van der Waals surface area contributed by atoms with E-state index in [0.717, 1.165) is 28.3 Å². The highest BCUT2D eigenvalue weighted by molar-refractivity contribution is 6.30. The highest BCUT2D eigenvalue weighted by Crippen LogP contribution is 2.33. The van der Waals surface area contributed by atoms with E-state index in [1.807, 2.05) is 30.3 Å². The Labute approximate surface area is 125 Å². The van der Waals surface area contributed by atoms with Gasteiger partial charge in [0, 0.05) is 17.7 Å². The van der Waals surface area contributed by atoms with Gasteiger partial charge in [0.1, 0.15) is 11.9 Å². The van der Waals surface area contributed by atoms with Crippen molar-refractivity contribution in [2.24, 2.45) is 0 Å². The molecule has 0 saturated heterocycles. The lowest BCUT2D eigenvalue weighted by Crippen LogP contribution is -2.06. The molecule has 106 valence electrons. The Morgan fingerprint density at radius 3 is 2.30 bits per heavy atom. The summed E-state index contributed by atoms with van der Waals surface area (Å²) in [4.78, 5) is 0. The van der Waals surface area contributed by atoms with Crippen molar-refractivity contribution in [2.45, 2.75) is 19.4 Å². The van der Waals surface area contributed by atoms with Crippen LogP contribution in [-0.4, -0.2) is 14.2 Å². The summed E-state index contributed by atoms with van der Waals surface area (Å²) in [5.41, 5.74) is 3.36. The number of rotatable bonds is 5. The quantitative estimate of drug-likeness (QED) is 0.798. The summed E-state index contributed by atoms with van der Waals surface area (Å²) in [7, 11) is 3.39. The van der Waals surface area contributed by atoms with Crippen LogP contribution < -0.4 is 4.74 Å². The first kappa shape index (κ1) is 14.9. The Balaban J connectivity index is 2.47. The van der Waals surface area contributed by atoms with Crippen molar-refractivity contribution in [3.05, 3.63) is 64.2 Å². The molecule has 0 fully saturated rings. The van der Waals surface area contributed by atoms with Gasteiger partial charge in [-0.2, -0.15) is 0 Å². The number of aryl methyl sites for hydroxylation is 1. The van der Waals surface area contributed by atoms with Crippen molar-refractivity contribution >= 4 is 11.6 Å². The van der Waals surface area contributed by atoms with Crippen LogP contribution in [0.3, 0.4) is 0 Å². The van der Waals surface area contributed by atoms with E-state index in [-0.39, 0.29) is 6.10 Å². The number of halogens is 1. The van der Waals surface area contributed by atoms with Crippen LogP contribution in [0.4, 0.5) is 0 Å². The smallest absolute Gasteiger partial charge is 0.125 e. The molecule has 1 atom stereocenters. The summed E-state index contributed by atoms with van der Waals surface area (Å²) in [5, 5.41) is 0.720. The average Bonchev–Trinajstić information content (AvgIpc) is 2.49. The minimum Gasteiger partial charge on any atom is -0.496 e. The van der Waals surface area contributed by atoms with Crippen molar-refractivity contribution in [1.82, 2.24) is 0 Å². The molecule has 2 aromatic carbocycles. The van der Waals surface area contributed by atoms with Crippen LogP contribution in [-0.2, 0) is 11.2 Å². The molecule has 0 heterocycles. The lowest BCUT2D eigenvalue weighted by Gasteiger charge is -2.20. The summed E-state index contributed by atoms with van der Waals surface area (Å²) >= 11 is 5.95. The zero-order valence-electron chi connectivity index (χ0n) is 12.0. The van der Waals surface area contributed by atoms with Crippen molar-refractivity contribution < 1.29 is 9.47 Å². The molecule has 0 saturated carbocycles. The standard InChI is InChI=1S/C17H19ClO2/c1-4-12-5-10-16(19-2)15(11-12)17(20-3)13-6-8-14(18)9-7-13/h5-11,17H,4H2,1-3H3/t17-/m0/s1. The first-order valence-electron chi connectivity index (χ1n) is 6.64. The molecule has 0 spiro atoms. The van der Waals surface area contributed by atoms with Crippen LogP contribution in [0.1, 0.15) is 29.7 Å². The van der Waals surface area contributed by atoms with Crippen LogP contribution in [0.15, 0.2) is 42.5 Å². The van der Waals surface area contributed by atoms with E-state index in [9.17, 15) is 0 Å². The van der Waals surface area contributed by atoms with Gasteiger partial charge in [-0.1, -0.05) is 36.7 Å². The van der Waals surface area contributed by atoms with Gasteiger partial charge in [0.15, 0.2) is 0 Å². The minimum atomic E-state index is -0.159. The molecule has 0 radical (unpaired) electrons. The predicted molar refractivity (Wildman–Crippen MR) is 82.7 cm³/mol. The molecule has 0 aliphatic heterocycles. The molecule has 2 rings (SSSR count). The number of hydrogen-bond acceptors (Lipinski definition) is 2. The maximum absolute atomic E-state index is 5.95. The third-order valence-electron chi connectivity index (χ3n) is 3.39. The molecule has 0 aliphatic carbocycles. The largest absolute Gasteiger partial charge is 0.496 e. The first-order valence-corrected chi connectivity index (χ1v) is 7.02. The van der Waals surface area contributed by atoms with Crippen molar-refractivity contribution in [2.75, 3.05) is 14.2 Å². The van der Waals surface area contributed by atoms with E-state index < -0.39 is 0 Å². The maximum Gasteiger partial charge on any atom is 0.125 e. The molecule has 0 aliphatic rings. The van der Waals surface area contributed by atoms with Gasteiger partial charge < -0.3 is 9.47 Å². The fourth-order valence-corrected chi connectivity index (χ4v) is 2.41. The fourth-order valence-electron chi connectivity index (χ4n) is 2.29. The van der Waals surface area contributed by atoms with E-state index in [0.29, 0.717) is 0 Å². The van der Waals surface area contributed by atoms with Crippen LogP contribution in [0.2, 0.25) is 5.02 Å². The first-order chi connectivity index (χ1) is 9.69. The van der Waals surface area contributed by atoms with Crippen LogP contribution in [0.25, 0.3) is 0 Å². The number of ether oxygens (including phenoxy) is 2. The Hall–Kier alpha value is -1.51. The molecular formula is C17H19ClO2. The van der Waals surface area contributed by atoms with Crippen LogP contribution in [0.5, 0.6) is 5.75 Å². The minimum absolute atomic E-state index is 0.159. The molecule has 20 heavy (non-hydrogen) atoms. The molecule has 0 unspecified atom stereocenters. The lowest BCUT2D eigenvalue weighted by atomic mass is 9.98. The molecule has 0 N–H and O–H groups in total. The van der Waals surface area contributed by atoms with Crippen LogP contribution in [0, 0.1) is 0 Å². The zero-order valence-corrected chi connectivity index (χ0v) is 12.8. The molecule has 2 aromatic rings. The summed E-state index contributed by atoms with van der Waals surface area (Å²) in [6.07, 6.45) is 0.822. The van der Waals surface area contributed by atoms with Crippen molar-refractivity contribution in [3.8, 4) is 5.75 Å². The second-order valence-corrected chi connectivity index (χ2v) is 5.03. The summed E-state index contributed by atoms with van der Waals surface area (Å²) in [6, 6.07) is 13.9. The predicted octanol–water partition coefficient (Wildman–Crippen LogP) is 4.65. The number of benzene rings is 2. The van der Waals surface area contributed by atoms with Crippen molar-refractivity contribution in [3.63, 3.8) is 0 Å². The van der Waals surface area contributed by atoms with Gasteiger partial charge in [-0.3, -0.25) is 0 Å². The van der Waals surface area contributed by atoms with Gasteiger partial charge in [-0.05, 0) is 41.8 Å². The molecule has 0 bridgehead atoms. The van der Waals surface area contributed by atoms with E-state index in [2.05, 4.69) is 19.1 Å². The zero-order chi connectivity index (χ0) is 14.5. The fraction of sp³-hybridized carbons (Fsp3) is 0.294. The molecule has 0 aromatic heterocycles. The van der Waals surface area contributed by atoms with Gasteiger partial charge in [-0.25, -0.2) is 0 Å². The van der Waals surface area contributed by atoms with Crippen molar-refractivity contribution in [1.29, 1.82) is 0 Å². The summed E-state index contributed by atoms with van der Waals surface area (Å²) in [5.74, 6) is 0.837. The van der Waals surface area contributed by atoms with E-state index in [1.54, 1.807) is 14.2 Å². The van der Waals surface area contributed by atoms with E-state index >= 15 is 0 Å². The SMILES string of the molecule is CCc1ccc(OC)c([C@@H](OC)c2ccc(Cl)cc2)c1. The Bertz CT molecular complexity index is 564. The van der Waals surface area contributed by atoms with Gasteiger partial charge in [0.25, 0.3) is 0 Å². The Morgan fingerprint density at radius 1 is 1.05 bits per heavy atom. The topological polar surface area (TPSA) is 18.5 Å². The van der Waals surface area contributed by atoms with E-state index in [1.165, 1.54) is 5.56 Å². The van der Waals surface area contributed by atoms with Gasteiger partial charge >= 0.3 is 0 Å². The monoisotopic (exact) mass is 290 g/mol. The maximum atomic E-state index is 5.95. The molecule has 2 nitrogen and oxygen atoms in total. The second-order valence-electron chi connectivity index (χ2n) is 4.60. The lowest BCUT2D eigenvalue weighted by molar-refractivity contribution is 0.133. The third-order valence-corrected chi connectivity index (χ3v) is 3.65. The molecule has 3 heteroatoms. The summed E-state index contributed by atoms with van der Waals surface area (Å²) in [6.45, 7) is 2.13. The van der Waals surface area contributed by atoms with Gasteiger partial charge in [0.2, 0.25) is 0 Å². The highest BCUT2D eigenvalue weighted by Gasteiger charge is 2.18. The second kappa shape index (κ2) is 6.78. The highest BCUT2D eigenvalue weighted by atomic mass is 35.5. The molecular weight excluding hydrogens is 272 g/mol. The summed E-state index contributed by atoms with van der Waals surface area (Å²) < 4.78 is 11.1. The Morgan fingerprint density at radius 2 is 1.75 bits per heavy atom. The number of hydrogen-bond donors (Lipinski definition) is 0. The third kappa shape index (κ3) is 3.14. The molecule has 0 amide bonds. The van der Waals surface area contributed by atoms with Gasteiger partial charge in [0.05, 0.1) is 7.11 Å². The normalized spacial score (nSPS) is 12.2. The Kier molecular flexibility index (Phi) is 5.05. The number of methoxy groups -OCH3 is 2. The average molecular weight is 291 g/mol. The van der Waals surface area contributed by atoms with E-state index in [4.69, 9.17) is 21.1 Å².